The van der Waals surface area contributed by atoms with Gasteiger partial charge in [-0.15, -0.1) is 0 Å². The Hall–Kier alpha value is -2.27. The molecule has 1 atom stereocenters. The van der Waals surface area contributed by atoms with E-state index in [1.807, 2.05) is 30.0 Å². The van der Waals surface area contributed by atoms with Gasteiger partial charge in [-0.05, 0) is 48.6 Å². The van der Waals surface area contributed by atoms with E-state index in [0.29, 0.717) is 18.0 Å². The van der Waals surface area contributed by atoms with Crippen molar-refractivity contribution in [2.45, 2.75) is 39.8 Å². The number of carbonyl (C=O) groups excluding carboxylic acids is 1. The molecule has 0 N–H and O–H groups in total. The number of aryl methyl sites for hydroxylation is 1. The highest BCUT2D eigenvalue weighted by atomic mass is 19.1. The first kappa shape index (κ1) is 19.5. The fraction of sp³-hybridized carbons (Fsp3) is 0.455. The molecule has 5 heteroatoms. The van der Waals surface area contributed by atoms with Crippen LogP contribution in [0, 0.1) is 18.7 Å². The normalized spacial score (nSPS) is 18.6. The molecule has 0 saturated carbocycles. The van der Waals surface area contributed by atoms with Gasteiger partial charge in [0.15, 0.2) is 0 Å². The minimum atomic E-state index is -0.210. The molecule has 2 aromatic rings. The Morgan fingerprint density at radius 3 is 2.63 bits per heavy atom. The molecule has 27 heavy (non-hydrogen) atoms. The van der Waals surface area contributed by atoms with Crippen molar-refractivity contribution in [1.29, 1.82) is 0 Å². The zero-order chi connectivity index (χ0) is 19.4. The van der Waals surface area contributed by atoms with E-state index in [1.54, 1.807) is 12.4 Å². The predicted molar refractivity (Wildman–Crippen MR) is 105 cm³/mol. The predicted octanol–water partition coefficient (Wildman–Crippen LogP) is 3.90. The third kappa shape index (κ3) is 4.72. The largest absolute Gasteiger partial charge is 0.337 e. The summed E-state index contributed by atoms with van der Waals surface area (Å²) in [6, 6.07) is 8.86. The van der Waals surface area contributed by atoms with E-state index in [1.165, 1.54) is 12.1 Å². The minimum Gasteiger partial charge on any atom is -0.337 e. The second-order valence-corrected chi connectivity index (χ2v) is 7.70. The third-order valence-corrected chi connectivity index (χ3v) is 5.37. The zero-order valence-corrected chi connectivity index (χ0v) is 16.4. The average molecular weight is 369 g/mol. The van der Waals surface area contributed by atoms with Gasteiger partial charge in [0.25, 0.3) is 5.91 Å². The Kier molecular flexibility index (Phi) is 6.22. The van der Waals surface area contributed by atoms with Gasteiger partial charge < -0.3 is 4.90 Å². The molecule has 144 valence electrons. The molecule has 1 amide bonds. The molecule has 0 bridgehead atoms. The Bertz CT molecular complexity index is 775. The summed E-state index contributed by atoms with van der Waals surface area (Å²) in [6.45, 7) is 9.50. The lowest BCUT2D eigenvalue weighted by molar-refractivity contribution is 0.0701. The first-order chi connectivity index (χ1) is 13.0. The average Bonchev–Trinajstić information content (AvgIpc) is 2.86. The first-order valence-corrected chi connectivity index (χ1v) is 9.64. The summed E-state index contributed by atoms with van der Waals surface area (Å²) in [4.78, 5) is 21.6. The van der Waals surface area contributed by atoms with Crippen LogP contribution in [0.15, 0.2) is 42.7 Å². The second-order valence-electron chi connectivity index (χ2n) is 7.70. The summed E-state index contributed by atoms with van der Waals surface area (Å²) in [5.74, 6) is 0.266. The molecule has 0 unspecified atom stereocenters. The third-order valence-electron chi connectivity index (χ3n) is 5.37. The second kappa shape index (κ2) is 8.61. The number of benzene rings is 1. The number of pyridine rings is 1. The molecule has 4 nitrogen and oxygen atoms in total. The van der Waals surface area contributed by atoms with Crippen LogP contribution in [0.3, 0.4) is 0 Å². The summed E-state index contributed by atoms with van der Waals surface area (Å²) < 4.78 is 13.2. The van der Waals surface area contributed by atoms with Crippen LogP contribution in [0.4, 0.5) is 4.39 Å². The maximum atomic E-state index is 13.2. The van der Waals surface area contributed by atoms with Gasteiger partial charge in [-0.3, -0.25) is 14.7 Å². The zero-order valence-electron chi connectivity index (χ0n) is 16.4. The van der Waals surface area contributed by atoms with Gasteiger partial charge >= 0.3 is 0 Å². The Morgan fingerprint density at radius 1 is 1.22 bits per heavy atom. The molecular weight excluding hydrogens is 341 g/mol. The van der Waals surface area contributed by atoms with Gasteiger partial charge in [0.2, 0.25) is 0 Å². The van der Waals surface area contributed by atoms with Crippen molar-refractivity contribution in [2.75, 3.05) is 19.6 Å². The summed E-state index contributed by atoms with van der Waals surface area (Å²) >= 11 is 0. The fourth-order valence-corrected chi connectivity index (χ4v) is 3.76. The highest BCUT2D eigenvalue weighted by Gasteiger charge is 2.30. The van der Waals surface area contributed by atoms with E-state index in [0.717, 1.165) is 37.2 Å². The van der Waals surface area contributed by atoms with Gasteiger partial charge in [-0.1, -0.05) is 26.0 Å². The lowest BCUT2D eigenvalue weighted by Crippen LogP contribution is -2.45. The summed E-state index contributed by atoms with van der Waals surface area (Å²) in [7, 11) is 0. The van der Waals surface area contributed by atoms with Crippen molar-refractivity contribution in [1.82, 2.24) is 14.8 Å². The minimum absolute atomic E-state index is 0.0647. The van der Waals surface area contributed by atoms with Crippen molar-refractivity contribution in [3.8, 4) is 0 Å². The first-order valence-electron chi connectivity index (χ1n) is 9.64. The Balaban J connectivity index is 1.77. The topological polar surface area (TPSA) is 36.4 Å². The number of amides is 1. The monoisotopic (exact) mass is 369 g/mol. The number of carbonyl (C=O) groups is 1. The van der Waals surface area contributed by atoms with Crippen molar-refractivity contribution >= 4 is 5.91 Å². The van der Waals surface area contributed by atoms with Gasteiger partial charge in [0, 0.05) is 44.6 Å². The molecule has 1 aliphatic heterocycles. The standard InChI is InChI=1S/C22H28FN3O/c1-16(2)21-15-26(22(27)20-13-24-10-9-17(20)3)12-4-11-25(21)14-18-5-7-19(23)8-6-18/h5-10,13,16,21H,4,11-12,14-15H2,1-3H3/t21-/m0/s1. The molecule has 1 aliphatic rings. The number of hydrogen-bond donors (Lipinski definition) is 0. The smallest absolute Gasteiger partial charge is 0.255 e. The number of hydrogen-bond acceptors (Lipinski definition) is 3. The highest BCUT2D eigenvalue weighted by Crippen LogP contribution is 2.22. The molecule has 1 fully saturated rings. The maximum absolute atomic E-state index is 13.2. The molecule has 1 saturated heterocycles. The van der Waals surface area contributed by atoms with Crippen LogP contribution < -0.4 is 0 Å². The number of halogens is 1. The Morgan fingerprint density at radius 2 is 1.96 bits per heavy atom. The molecular formula is C22H28FN3O. The van der Waals surface area contributed by atoms with E-state index < -0.39 is 0 Å². The van der Waals surface area contributed by atoms with E-state index in [2.05, 4.69) is 23.7 Å². The SMILES string of the molecule is Cc1ccncc1C(=O)N1CCCN(Cc2ccc(F)cc2)[C@H](C(C)C)C1. The molecule has 1 aromatic carbocycles. The van der Waals surface area contributed by atoms with Crippen molar-refractivity contribution in [3.63, 3.8) is 0 Å². The van der Waals surface area contributed by atoms with Crippen LogP contribution in [0.1, 0.15) is 41.8 Å². The molecule has 0 spiro atoms. The number of nitrogens with zero attached hydrogens (tertiary/aromatic N) is 3. The lowest BCUT2D eigenvalue weighted by atomic mass is 10.0. The molecule has 3 rings (SSSR count). The van der Waals surface area contributed by atoms with Crippen molar-refractivity contribution < 1.29 is 9.18 Å². The van der Waals surface area contributed by atoms with Gasteiger partial charge in [-0.25, -0.2) is 4.39 Å². The van der Waals surface area contributed by atoms with Gasteiger partial charge in [-0.2, -0.15) is 0 Å². The van der Waals surface area contributed by atoms with Gasteiger partial charge in [0.05, 0.1) is 5.56 Å². The summed E-state index contributed by atoms with van der Waals surface area (Å²) in [5.41, 5.74) is 2.75. The maximum Gasteiger partial charge on any atom is 0.255 e. The number of aromatic nitrogens is 1. The van der Waals surface area contributed by atoms with Crippen LogP contribution in [-0.2, 0) is 6.54 Å². The van der Waals surface area contributed by atoms with Crippen LogP contribution in [-0.4, -0.2) is 46.4 Å². The van der Waals surface area contributed by atoms with E-state index in [9.17, 15) is 9.18 Å². The van der Waals surface area contributed by atoms with Gasteiger partial charge in [0.1, 0.15) is 5.82 Å². The molecule has 1 aromatic heterocycles. The van der Waals surface area contributed by atoms with E-state index in [-0.39, 0.29) is 17.8 Å². The van der Waals surface area contributed by atoms with Crippen molar-refractivity contribution in [2.24, 2.45) is 5.92 Å². The Labute approximate surface area is 161 Å². The summed E-state index contributed by atoms with van der Waals surface area (Å²) in [5, 5.41) is 0. The van der Waals surface area contributed by atoms with Crippen LogP contribution in [0.5, 0.6) is 0 Å². The lowest BCUT2D eigenvalue weighted by Gasteiger charge is -2.34. The molecule has 2 heterocycles. The van der Waals surface area contributed by atoms with Crippen LogP contribution in [0.25, 0.3) is 0 Å². The summed E-state index contributed by atoms with van der Waals surface area (Å²) in [6.07, 6.45) is 4.31. The number of rotatable bonds is 4. The quantitative estimate of drug-likeness (QED) is 0.820. The van der Waals surface area contributed by atoms with Crippen LogP contribution in [0.2, 0.25) is 0 Å². The molecule has 0 aliphatic carbocycles. The highest BCUT2D eigenvalue weighted by molar-refractivity contribution is 5.95. The van der Waals surface area contributed by atoms with E-state index >= 15 is 0 Å². The van der Waals surface area contributed by atoms with Crippen molar-refractivity contribution in [3.05, 3.63) is 65.2 Å². The van der Waals surface area contributed by atoms with Crippen LogP contribution >= 0.6 is 0 Å². The fourth-order valence-electron chi connectivity index (χ4n) is 3.76. The van der Waals surface area contributed by atoms with E-state index in [4.69, 9.17) is 0 Å². The molecule has 0 radical (unpaired) electrons.